The molecule has 0 radical (unpaired) electrons. The molecule has 0 unspecified atom stereocenters. The number of likely N-dealkylation sites (tertiary alicyclic amines) is 1. The molecule has 0 aliphatic carbocycles. The molecule has 1 fully saturated rings. The van der Waals surface area contributed by atoms with Gasteiger partial charge in [0, 0.05) is 36.9 Å². The monoisotopic (exact) mass is 356 g/mol. The quantitative estimate of drug-likeness (QED) is 0.895. The second-order valence-electron chi connectivity index (χ2n) is 7.50. The maximum absolute atomic E-state index is 12.5. The first-order valence-corrected chi connectivity index (χ1v) is 9.44. The van der Waals surface area contributed by atoms with Gasteiger partial charge in [-0.15, -0.1) is 0 Å². The topological polar surface area (TPSA) is 67.2 Å². The van der Waals surface area contributed by atoms with Gasteiger partial charge in [0.1, 0.15) is 0 Å². The molecule has 0 atom stereocenters. The van der Waals surface area contributed by atoms with Crippen LogP contribution in [0, 0.1) is 12.8 Å². The van der Waals surface area contributed by atoms with Gasteiger partial charge in [-0.25, -0.2) is 0 Å². The zero-order valence-corrected chi connectivity index (χ0v) is 15.9. The van der Waals surface area contributed by atoms with E-state index in [4.69, 9.17) is 0 Å². The summed E-state index contributed by atoms with van der Waals surface area (Å²) < 4.78 is 1.90. The summed E-state index contributed by atoms with van der Waals surface area (Å²) in [6, 6.07) is 6.39. The highest BCUT2D eigenvalue weighted by molar-refractivity contribution is 5.81. The van der Waals surface area contributed by atoms with E-state index < -0.39 is 0 Å². The number of benzene rings is 1. The van der Waals surface area contributed by atoms with E-state index in [2.05, 4.69) is 35.5 Å². The number of hydrogen-bond acceptors (Lipinski definition) is 3. The van der Waals surface area contributed by atoms with Gasteiger partial charge in [0.2, 0.25) is 11.8 Å². The SMILES string of the molecule is Cc1ccc2c(cnn2CCC(=O)N2CCC(C(=O)NC(C)C)CC2)c1. The van der Waals surface area contributed by atoms with Crippen LogP contribution in [0.25, 0.3) is 10.9 Å². The third-order valence-corrected chi connectivity index (χ3v) is 4.98. The molecule has 3 rings (SSSR count). The molecule has 2 heterocycles. The van der Waals surface area contributed by atoms with E-state index in [0.29, 0.717) is 26.1 Å². The van der Waals surface area contributed by atoms with Crippen molar-refractivity contribution in [3.8, 4) is 0 Å². The van der Waals surface area contributed by atoms with Crippen LogP contribution < -0.4 is 5.32 Å². The van der Waals surface area contributed by atoms with E-state index in [-0.39, 0.29) is 23.8 Å². The first kappa shape index (κ1) is 18.4. The lowest BCUT2D eigenvalue weighted by atomic mass is 9.95. The summed E-state index contributed by atoms with van der Waals surface area (Å²) in [5, 5.41) is 8.48. The Balaban J connectivity index is 1.50. The average molecular weight is 356 g/mol. The third kappa shape index (κ3) is 4.23. The summed E-state index contributed by atoms with van der Waals surface area (Å²) in [5.41, 5.74) is 2.27. The molecule has 2 aromatic rings. The molecule has 1 N–H and O–H groups in total. The maximum Gasteiger partial charge on any atom is 0.224 e. The van der Waals surface area contributed by atoms with Crippen LogP contribution in [0.15, 0.2) is 24.4 Å². The van der Waals surface area contributed by atoms with Crippen LogP contribution in [0.5, 0.6) is 0 Å². The van der Waals surface area contributed by atoms with Crippen molar-refractivity contribution < 1.29 is 9.59 Å². The van der Waals surface area contributed by atoms with Gasteiger partial charge in [-0.05, 0) is 45.7 Å². The van der Waals surface area contributed by atoms with E-state index in [0.717, 1.165) is 23.7 Å². The van der Waals surface area contributed by atoms with Crippen molar-refractivity contribution >= 4 is 22.7 Å². The molecular formula is C20H28N4O2. The highest BCUT2D eigenvalue weighted by Crippen LogP contribution is 2.19. The number of aromatic nitrogens is 2. The number of nitrogens with one attached hydrogen (secondary N) is 1. The summed E-state index contributed by atoms with van der Waals surface area (Å²) in [7, 11) is 0. The molecule has 6 heteroatoms. The number of amides is 2. The zero-order valence-electron chi connectivity index (χ0n) is 15.9. The summed E-state index contributed by atoms with van der Waals surface area (Å²) in [6.45, 7) is 7.90. The van der Waals surface area contributed by atoms with Crippen molar-refractivity contribution in [1.82, 2.24) is 20.0 Å². The van der Waals surface area contributed by atoms with Crippen LogP contribution in [0.2, 0.25) is 0 Å². The van der Waals surface area contributed by atoms with E-state index in [1.807, 2.05) is 29.6 Å². The Hall–Kier alpha value is -2.37. The summed E-state index contributed by atoms with van der Waals surface area (Å²) in [4.78, 5) is 26.5. The first-order valence-electron chi connectivity index (χ1n) is 9.44. The molecule has 140 valence electrons. The lowest BCUT2D eigenvalue weighted by Gasteiger charge is -2.31. The van der Waals surface area contributed by atoms with Crippen molar-refractivity contribution in [1.29, 1.82) is 0 Å². The number of aryl methyl sites for hydroxylation is 2. The summed E-state index contributed by atoms with van der Waals surface area (Å²) >= 11 is 0. The Morgan fingerprint density at radius 1 is 1.27 bits per heavy atom. The van der Waals surface area contributed by atoms with Crippen LogP contribution in [0.4, 0.5) is 0 Å². The third-order valence-electron chi connectivity index (χ3n) is 4.98. The number of fused-ring (bicyclic) bond motifs is 1. The molecule has 1 aliphatic rings. The second kappa shape index (κ2) is 7.89. The smallest absolute Gasteiger partial charge is 0.224 e. The van der Waals surface area contributed by atoms with Gasteiger partial charge in [0.15, 0.2) is 0 Å². The molecular weight excluding hydrogens is 328 g/mol. The van der Waals surface area contributed by atoms with Gasteiger partial charge in [0.05, 0.1) is 18.3 Å². The molecule has 1 aromatic carbocycles. The molecule has 6 nitrogen and oxygen atoms in total. The predicted octanol–water partition coefficient (Wildman–Crippen LogP) is 2.50. The van der Waals surface area contributed by atoms with Crippen LogP contribution in [0.1, 0.15) is 38.7 Å². The summed E-state index contributed by atoms with van der Waals surface area (Å²) in [5.74, 6) is 0.286. The number of carbonyl (C=O) groups excluding carboxylic acids is 2. The molecule has 0 bridgehead atoms. The first-order chi connectivity index (χ1) is 12.4. The Bertz CT molecular complexity index is 788. The minimum absolute atomic E-state index is 0.0275. The van der Waals surface area contributed by atoms with Crippen LogP contribution in [-0.4, -0.2) is 45.6 Å². The molecule has 0 saturated carbocycles. The molecule has 2 amide bonds. The number of hydrogen-bond donors (Lipinski definition) is 1. The number of carbonyl (C=O) groups is 2. The van der Waals surface area contributed by atoms with Gasteiger partial charge in [-0.3, -0.25) is 14.3 Å². The highest BCUT2D eigenvalue weighted by atomic mass is 16.2. The van der Waals surface area contributed by atoms with Crippen LogP contribution in [0.3, 0.4) is 0 Å². The standard InChI is InChI=1S/C20H28N4O2/c1-14(2)22-20(26)16-6-9-23(10-7-16)19(25)8-11-24-18-5-4-15(3)12-17(18)13-21-24/h4-5,12-14,16H,6-11H2,1-3H3,(H,22,26). The van der Waals surface area contributed by atoms with Gasteiger partial charge in [-0.2, -0.15) is 5.10 Å². The minimum atomic E-state index is 0.0275. The van der Waals surface area contributed by atoms with Gasteiger partial charge < -0.3 is 10.2 Å². The Labute approximate surface area is 154 Å². The highest BCUT2D eigenvalue weighted by Gasteiger charge is 2.27. The normalized spacial score (nSPS) is 15.6. The Morgan fingerprint density at radius 3 is 2.69 bits per heavy atom. The fourth-order valence-electron chi connectivity index (χ4n) is 3.54. The van der Waals surface area contributed by atoms with E-state index in [1.165, 1.54) is 5.56 Å². The zero-order chi connectivity index (χ0) is 18.7. The number of nitrogens with zero attached hydrogens (tertiary/aromatic N) is 3. The van der Waals surface area contributed by atoms with Crippen molar-refractivity contribution in [2.75, 3.05) is 13.1 Å². The van der Waals surface area contributed by atoms with Gasteiger partial charge in [-0.1, -0.05) is 11.6 Å². The molecule has 1 aliphatic heterocycles. The number of rotatable bonds is 5. The summed E-state index contributed by atoms with van der Waals surface area (Å²) in [6.07, 6.45) is 3.78. The largest absolute Gasteiger partial charge is 0.354 e. The van der Waals surface area contributed by atoms with Crippen molar-refractivity contribution in [2.24, 2.45) is 5.92 Å². The van der Waals surface area contributed by atoms with Crippen molar-refractivity contribution in [2.45, 2.75) is 52.6 Å². The van der Waals surface area contributed by atoms with Gasteiger partial charge >= 0.3 is 0 Å². The minimum Gasteiger partial charge on any atom is -0.354 e. The molecule has 1 aromatic heterocycles. The predicted molar refractivity (Wildman–Crippen MR) is 102 cm³/mol. The van der Waals surface area contributed by atoms with Gasteiger partial charge in [0.25, 0.3) is 0 Å². The fourth-order valence-corrected chi connectivity index (χ4v) is 3.54. The average Bonchev–Trinajstić information content (AvgIpc) is 3.01. The Kier molecular flexibility index (Phi) is 5.59. The van der Waals surface area contributed by atoms with Crippen LogP contribution in [-0.2, 0) is 16.1 Å². The van der Waals surface area contributed by atoms with E-state index in [9.17, 15) is 9.59 Å². The van der Waals surface area contributed by atoms with Crippen molar-refractivity contribution in [3.63, 3.8) is 0 Å². The second-order valence-corrected chi connectivity index (χ2v) is 7.50. The molecule has 0 spiro atoms. The lowest BCUT2D eigenvalue weighted by Crippen LogP contribution is -2.44. The van der Waals surface area contributed by atoms with E-state index in [1.54, 1.807) is 0 Å². The van der Waals surface area contributed by atoms with Crippen molar-refractivity contribution in [3.05, 3.63) is 30.0 Å². The van der Waals surface area contributed by atoms with Crippen LogP contribution >= 0.6 is 0 Å². The lowest BCUT2D eigenvalue weighted by molar-refractivity contribution is -0.136. The fraction of sp³-hybridized carbons (Fsp3) is 0.550. The molecule has 1 saturated heterocycles. The number of piperidine rings is 1. The Morgan fingerprint density at radius 2 is 2.00 bits per heavy atom. The maximum atomic E-state index is 12.5. The van der Waals surface area contributed by atoms with E-state index >= 15 is 0 Å². The molecule has 26 heavy (non-hydrogen) atoms.